The van der Waals surface area contributed by atoms with Gasteiger partial charge in [-0.05, 0) is 49.6 Å². The van der Waals surface area contributed by atoms with E-state index in [1.807, 2.05) is 0 Å². The highest BCUT2D eigenvalue weighted by Gasteiger charge is 2.17. The van der Waals surface area contributed by atoms with Crippen molar-refractivity contribution in [2.45, 2.75) is 25.8 Å². The van der Waals surface area contributed by atoms with Gasteiger partial charge < -0.3 is 5.32 Å². The van der Waals surface area contributed by atoms with Crippen molar-refractivity contribution >= 4 is 28.3 Å². The predicted octanol–water partition coefficient (Wildman–Crippen LogP) is 3.60. The van der Waals surface area contributed by atoms with Crippen LogP contribution in [0.1, 0.15) is 30.0 Å². The second kappa shape index (κ2) is 5.15. The van der Waals surface area contributed by atoms with Crippen LogP contribution in [0.5, 0.6) is 0 Å². The van der Waals surface area contributed by atoms with Crippen molar-refractivity contribution in [3.63, 3.8) is 0 Å². The topological polar surface area (TPSA) is 12.0 Å². The van der Waals surface area contributed by atoms with Crippen LogP contribution < -0.4 is 5.32 Å². The summed E-state index contributed by atoms with van der Waals surface area (Å²) in [4.78, 5) is 0. The van der Waals surface area contributed by atoms with Crippen molar-refractivity contribution < 1.29 is 0 Å². The maximum atomic E-state index is 3.52. The fourth-order valence-electron chi connectivity index (χ4n) is 1.98. The average molecular weight is 277 g/mol. The first-order chi connectivity index (χ1) is 6.27. The van der Waals surface area contributed by atoms with E-state index in [4.69, 9.17) is 0 Å². The first-order valence-corrected chi connectivity index (χ1v) is 5.56. The van der Waals surface area contributed by atoms with Gasteiger partial charge in [-0.25, -0.2) is 0 Å². The van der Waals surface area contributed by atoms with Crippen LogP contribution in [-0.4, -0.2) is 6.54 Å². The molecule has 1 aromatic carbocycles. The minimum atomic E-state index is 0. The third kappa shape index (κ3) is 2.50. The molecule has 1 unspecified atom stereocenters. The van der Waals surface area contributed by atoms with E-state index < -0.39 is 0 Å². The third-order valence-electron chi connectivity index (χ3n) is 2.67. The van der Waals surface area contributed by atoms with Crippen molar-refractivity contribution in [3.05, 3.63) is 33.8 Å². The van der Waals surface area contributed by atoms with Crippen LogP contribution in [-0.2, 0) is 0 Å². The molecular formula is C11H15BrClN. The van der Waals surface area contributed by atoms with Gasteiger partial charge in [0, 0.05) is 10.5 Å². The van der Waals surface area contributed by atoms with Crippen LogP contribution in [0.3, 0.4) is 0 Å². The standard InChI is InChI=1S/C11H14BrN.ClH/c1-8-7-9(12)4-5-10(8)11-3-2-6-13-11;/h4-5,7,11,13H,2-3,6H2,1H3;1H. The van der Waals surface area contributed by atoms with Gasteiger partial charge in [-0.15, -0.1) is 12.4 Å². The molecular weight excluding hydrogens is 261 g/mol. The van der Waals surface area contributed by atoms with Crippen molar-refractivity contribution in [1.29, 1.82) is 0 Å². The maximum absolute atomic E-state index is 3.52. The summed E-state index contributed by atoms with van der Waals surface area (Å²) in [5.74, 6) is 0. The molecule has 0 spiro atoms. The van der Waals surface area contributed by atoms with Crippen LogP contribution in [0, 0.1) is 6.92 Å². The lowest BCUT2D eigenvalue weighted by Crippen LogP contribution is -2.13. The maximum Gasteiger partial charge on any atom is 0.0323 e. The lowest BCUT2D eigenvalue weighted by atomic mass is 10.0. The van der Waals surface area contributed by atoms with E-state index in [0.717, 1.165) is 0 Å². The molecule has 2 rings (SSSR count). The molecule has 1 nitrogen and oxygen atoms in total. The average Bonchev–Trinajstić information content (AvgIpc) is 2.56. The molecule has 1 N–H and O–H groups in total. The Morgan fingerprint density at radius 3 is 2.79 bits per heavy atom. The molecule has 0 bridgehead atoms. The fourth-order valence-corrected chi connectivity index (χ4v) is 2.46. The quantitative estimate of drug-likeness (QED) is 0.826. The second-order valence-corrected chi connectivity index (χ2v) is 4.57. The minimum Gasteiger partial charge on any atom is -0.310 e. The Bertz CT molecular complexity index is 308. The van der Waals surface area contributed by atoms with Gasteiger partial charge in [-0.1, -0.05) is 22.0 Å². The zero-order valence-electron chi connectivity index (χ0n) is 8.22. The molecule has 0 amide bonds. The van der Waals surface area contributed by atoms with Gasteiger partial charge in [0.25, 0.3) is 0 Å². The molecule has 1 aliphatic rings. The number of nitrogens with one attached hydrogen (secondary N) is 1. The van der Waals surface area contributed by atoms with Crippen LogP contribution in [0.15, 0.2) is 22.7 Å². The summed E-state index contributed by atoms with van der Waals surface area (Å²) in [7, 11) is 0. The van der Waals surface area contributed by atoms with Crippen molar-refractivity contribution in [1.82, 2.24) is 5.32 Å². The molecule has 0 aromatic heterocycles. The Morgan fingerprint density at radius 1 is 1.43 bits per heavy atom. The van der Waals surface area contributed by atoms with E-state index in [9.17, 15) is 0 Å². The van der Waals surface area contributed by atoms with Gasteiger partial charge in [0.2, 0.25) is 0 Å². The van der Waals surface area contributed by atoms with Crippen LogP contribution in [0.2, 0.25) is 0 Å². The normalized spacial score (nSPS) is 20.6. The molecule has 1 aliphatic heterocycles. The first kappa shape index (κ1) is 12.0. The van der Waals surface area contributed by atoms with Crippen molar-refractivity contribution in [2.75, 3.05) is 6.54 Å². The van der Waals surface area contributed by atoms with Crippen molar-refractivity contribution in [3.8, 4) is 0 Å². The number of hydrogen-bond donors (Lipinski definition) is 1. The molecule has 1 aromatic rings. The van der Waals surface area contributed by atoms with Crippen LogP contribution >= 0.6 is 28.3 Å². The fraction of sp³-hybridized carbons (Fsp3) is 0.455. The second-order valence-electron chi connectivity index (χ2n) is 3.65. The van der Waals surface area contributed by atoms with Crippen molar-refractivity contribution in [2.24, 2.45) is 0 Å². The van der Waals surface area contributed by atoms with E-state index >= 15 is 0 Å². The largest absolute Gasteiger partial charge is 0.310 e. The number of halogens is 2. The molecule has 14 heavy (non-hydrogen) atoms. The Hall–Kier alpha value is -0.0500. The van der Waals surface area contributed by atoms with Gasteiger partial charge in [0.05, 0.1) is 0 Å². The summed E-state index contributed by atoms with van der Waals surface area (Å²) in [6.45, 7) is 3.35. The Morgan fingerprint density at radius 2 is 2.21 bits per heavy atom. The highest BCUT2D eigenvalue weighted by atomic mass is 79.9. The molecule has 0 radical (unpaired) electrons. The monoisotopic (exact) mass is 275 g/mol. The molecule has 1 saturated heterocycles. The highest BCUT2D eigenvalue weighted by Crippen LogP contribution is 2.27. The SMILES string of the molecule is Cc1cc(Br)ccc1C1CCCN1.Cl. The highest BCUT2D eigenvalue weighted by molar-refractivity contribution is 9.10. The van der Waals surface area contributed by atoms with Crippen LogP contribution in [0.25, 0.3) is 0 Å². The third-order valence-corrected chi connectivity index (χ3v) is 3.16. The molecule has 1 heterocycles. The molecule has 1 atom stereocenters. The van der Waals surface area contributed by atoms with Gasteiger partial charge in [0.15, 0.2) is 0 Å². The summed E-state index contributed by atoms with van der Waals surface area (Å²) in [5, 5.41) is 3.52. The smallest absolute Gasteiger partial charge is 0.0323 e. The Balaban J connectivity index is 0.000000980. The van der Waals surface area contributed by atoms with E-state index in [1.165, 1.54) is 35.0 Å². The van der Waals surface area contributed by atoms with Gasteiger partial charge in [0.1, 0.15) is 0 Å². The van der Waals surface area contributed by atoms with Gasteiger partial charge >= 0.3 is 0 Å². The van der Waals surface area contributed by atoms with Crippen LogP contribution in [0.4, 0.5) is 0 Å². The number of benzene rings is 1. The van der Waals surface area contributed by atoms with Gasteiger partial charge in [-0.2, -0.15) is 0 Å². The molecule has 78 valence electrons. The van der Waals surface area contributed by atoms with E-state index in [-0.39, 0.29) is 12.4 Å². The number of hydrogen-bond acceptors (Lipinski definition) is 1. The Labute approximate surface area is 99.8 Å². The first-order valence-electron chi connectivity index (χ1n) is 4.77. The summed E-state index contributed by atoms with van der Waals surface area (Å²) in [6.07, 6.45) is 2.59. The minimum absolute atomic E-state index is 0. The molecule has 0 aliphatic carbocycles. The van der Waals surface area contributed by atoms with Gasteiger partial charge in [-0.3, -0.25) is 0 Å². The summed E-state index contributed by atoms with van der Waals surface area (Å²) in [5.41, 5.74) is 2.84. The lowest BCUT2D eigenvalue weighted by Gasteiger charge is -2.13. The lowest BCUT2D eigenvalue weighted by molar-refractivity contribution is 0.643. The van der Waals surface area contributed by atoms with E-state index in [0.29, 0.717) is 6.04 Å². The summed E-state index contributed by atoms with van der Waals surface area (Å²) >= 11 is 3.48. The Kier molecular flexibility index (Phi) is 4.42. The summed E-state index contributed by atoms with van der Waals surface area (Å²) in [6, 6.07) is 7.13. The number of rotatable bonds is 1. The van der Waals surface area contributed by atoms with E-state index in [1.54, 1.807) is 0 Å². The zero-order valence-corrected chi connectivity index (χ0v) is 10.6. The molecule has 1 fully saturated rings. The predicted molar refractivity (Wildman–Crippen MR) is 66.1 cm³/mol. The zero-order chi connectivity index (χ0) is 9.26. The molecule has 3 heteroatoms. The summed E-state index contributed by atoms with van der Waals surface area (Å²) < 4.78 is 1.17. The van der Waals surface area contributed by atoms with E-state index in [2.05, 4.69) is 46.4 Å². The number of aryl methyl sites for hydroxylation is 1. The molecule has 0 saturated carbocycles.